The van der Waals surface area contributed by atoms with Crippen LogP contribution >= 0.6 is 0 Å². The molecule has 0 amide bonds. The van der Waals surface area contributed by atoms with Gasteiger partial charge in [-0.05, 0) is 5.92 Å². The molecule has 0 aromatic rings. The van der Waals surface area contributed by atoms with E-state index < -0.39 is 22.5 Å². The van der Waals surface area contributed by atoms with Crippen molar-refractivity contribution >= 4 is 16.5 Å². The van der Waals surface area contributed by atoms with Gasteiger partial charge in [0.2, 0.25) is 0 Å². The van der Waals surface area contributed by atoms with Crippen LogP contribution in [0.1, 0.15) is 13.8 Å². The Kier molecular flexibility index (Phi) is 3.73. The Hall–Kier alpha value is -0.910. The van der Waals surface area contributed by atoms with Gasteiger partial charge in [-0.25, -0.2) is 4.79 Å². The molecule has 0 bridgehead atoms. The number of aliphatic carboxylic acids is 1. The average Bonchev–Trinajstić information content (AvgIpc) is 1.81. The van der Waals surface area contributed by atoms with Crippen molar-refractivity contribution in [2.45, 2.75) is 19.9 Å². The maximum Gasteiger partial charge on any atom is 0.329 e. The van der Waals surface area contributed by atoms with Gasteiger partial charge in [-0.1, -0.05) is 13.8 Å². The van der Waals surface area contributed by atoms with E-state index in [9.17, 15) is 13.2 Å². The third-order valence-electron chi connectivity index (χ3n) is 1.08. The van der Waals surface area contributed by atoms with Gasteiger partial charge in [-0.3, -0.25) is 0 Å². The zero-order valence-corrected chi connectivity index (χ0v) is 7.00. The fourth-order valence-electron chi connectivity index (χ4n) is 0.545. The number of rotatable bonds is 3. The van der Waals surface area contributed by atoms with E-state index in [-0.39, 0.29) is 5.92 Å². The lowest BCUT2D eigenvalue weighted by Gasteiger charge is -2.06. The molecule has 64 valence electrons. The molecule has 0 radical (unpaired) electrons. The number of carboxylic acid groups (broad SMARTS) is 1. The average molecular weight is 179 g/mol. The summed E-state index contributed by atoms with van der Waals surface area (Å²) in [6, 6.07) is -1.16. The molecule has 0 aliphatic carbocycles. The van der Waals surface area contributed by atoms with Crippen LogP contribution in [0.4, 0.5) is 0 Å². The summed E-state index contributed by atoms with van der Waals surface area (Å²) in [5.74, 6) is -1.53. The van der Waals surface area contributed by atoms with Gasteiger partial charge in [-0.2, -0.15) is 12.8 Å². The fraction of sp³-hybridized carbons (Fsp3) is 0.800. The maximum absolute atomic E-state index is 10.3. The van der Waals surface area contributed by atoms with Gasteiger partial charge in [0.15, 0.2) is 6.04 Å². The topological polar surface area (TPSA) is 83.8 Å². The number of carboxylic acids is 1. The monoisotopic (exact) mass is 179 g/mol. The van der Waals surface area contributed by atoms with E-state index in [4.69, 9.17) is 5.11 Å². The van der Waals surface area contributed by atoms with Crippen molar-refractivity contribution in [3.63, 3.8) is 0 Å². The first-order valence-corrected chi connectivity index (χ1v) is 4.01. The second-order valence-electron chi connectivity index (χ2n) is 2.35. The van der Waals surface area contributed by atoms with Crippen molar-refractivity contribution in [2.24, 2.45) is 10.3 Å². The summed E-state index contributed by atoms with van der Waals surface area (Å²) in [5.41, 5.74) is 0. The molecule has 0 heterocycles. The number of hydrogen-bond acceptors (Lipinski definition) is 4. The van der Waals surface area contributed by atoms with E-state index in [2.05, 4.69) is 4.36 Å². The molecule has 0 spiro atoms. The summed E-state index contributed by atoms with van der Waals surface area (Å²) in [7, 11) is -2.64. The molecule has 6 heteroatoms. The van der Waals surface area contributed by atoms with Gasteiger partial charge in [-0.15, -0.1) is 0 Å². The predicted molar refractivity (Wildman–Crippen MR) is 37.6 cm³/mol. The van der Waals surface area contributed by atoms with E-state index >= 15 is 0 Å². The van der Waals surface area contributed by atoms with E-state index in [1.165, 1.54) is 0 Å². The minimum absolute atomic E-state index is 0.314. The summed E-state index contributed by atoms with van der Waals surface area (Å²) in [5, 5.41) is 8.43. The van der Waals surface area contributed by atoms with Crippen LogP contribution in [0.15, 0.2) is 4.36 Å². The van der Waals surface area contributed by atoms with Crippen LogP contribution < -0.4 is 0 Å². The van der Waals surface area contributed by atoms with Gasteiger partial charge in [0.25, 0.3) is 0 Å². The summed E-state index contributed by atoms with van der Waals surface area (Å²) < 4.78 is 23.0. The quantitative estimate of drug-likeness (QED) is 0.668. The van der Waals surface area contributed by atoms with Gasteiger partial charge in [0.1, 0.15) is 0 Å². The maximum atomic E-state index is 10.3. The van der Waals surface area contributed by atoms with Crippen molar-refractivity contribution in [1.82, 2.24) is 0 Å². The van der Waals surface area contributed by atoms with Crippen LogP contribution in [0.3, 0.4) is 0 Å². The highest BCUT2D eigenvalue weighted by Crippen LogP contribution is 2.05. The lowest BCUT2D eigenvalue weighted by Crippen LogP contribution is -2.23. The molecule has 0 rings (SSSR count). The highest BCUT2D eigenvalue weighted by atomic mass is 32.2. The lowest BCUT2D eigenvalue weighted by molar-refractivity contribution is -0.139. The molecule has 0 aromatic carbocycles. The standard InChI is InChI=1S/C5H9NO4S/c1-3(2)4(5(7)8)6-11(9)10/h3-4H,1-2H3,(H,7,8)/t4-/m1/s1. The second-order valence-corrected chi connectivity index (χ2v) is 2.99. The first-order valence-electron chi connectivity index (χ1n) is 2.98. The smallest absolute Gasteiger partial charge is 0.329 e. The largest absolute Gasteiger partial charge is 0.480 e. The Morgan fingerprint density at radius 2 is 1.91 bits per heavy atom. The molecule has 0 aliphatic rings. The number of nitrogens with zero attached hydrogens (tertiary/aromatic N) is 1. The number of carbonyl (C=O) groups is 1. The molecule has 0 aliphatic heterocycles. The van der Waals surface area contributed by atoms with Gasteiger partial charge in [0.05, 0.1) is 0 Å². The highest BCUT2D eigenvalue weighted by Gasteiger charge is 2.20. The summed E-state index contributed by atoms with van der Waals surface area (Å²) in [4.78, 5) is 10.3. The van der Waals surface area contributed by atoms with E-state index in [1.54, 1.807) is 13.8 Å². The van der Waals surface area contributed by atoms with Crippen molar-refractivity contribution in [1.29, 1.82) is 0 Å². The first kappa shape index (κ1) is 10.1. The number of hydrogen-bond donors (Lipinski definition) is 1. The second kappa shape index (κ2) is 4.07. The molecule has 1 atom stereocenters. The molecule has 0 aromatic heterocycles. The van der Waals surface area contributed by atoms with Gasteiger partial charge in [0, 0.05) is 0 Å². The van der Waals surface area contributed by atoms with Crippen LogP contribution in [0.5, 0.6) is 0 Å². The Morgan fingerprint density at radius 1 is 1.45 bits per heavy atom. The van der Waals surface area contributed by atoms with E-state index in [0.29, 0.717) is 0 Å². The Balaban J connectivity index is 4.63. The third-order valence-corrected chi connectivity index (χ3v) is 1.48. The molecule has 11 heavy (non-hydrogen) atoms. The fourth-order valence-corrected chi connectivity index (χ4v) is 1.06. The van der Waals surface area contributed by atoms with Crippen molar-refractivity contribution < 1.29 is 18.3 Å². The van der Waals surface area contributed by atoms with Crippen LogP contribution in [0, 0.1) is 5.92 Å². The normalized spacial score (nSPS) is 12.6. The zero-order valence-electron chi connectivity index (χ0n) is 6.18. The molecule has 5 nitrogen and oxygen atoms in total. The molecule has 0 unspecified atom stereocenters. The summed E-state index contributed by atoms with van der Waals surface area (Å²) in [6.07, 6.45) is 0. The van der Waals surface area contributed by atoms with Crippen molar-refractivity contribution in [2.75, 3.05) is 0 Å². The third kappa shape index (κ3) is 3.72. The van der Waals surface area contributed by atoms with E-state index in [0.717, 1.165) is 0 Å². The molecule has 1 N–H and O–H groups in total. The highest BCUT2D eigenvalue weighted by molar-refractivity contribution is 7.61. The Labute approximate surface area is 65.7 Å². The van der Waals surface area contributed by atoms with Crippen LogP contribution in [0.25, 0.3) is 0 Å². The van der Waals surface area contributed by atoms with Gasteiger partial charge < -0.3 is 5.11 Å². The van der Waals surface area contributed by atoms with Crippen LogP contribution in [-0.2, 0) is 15.3 Å². The Bertz CT molecular complexity index is 258. The van der Waals surface area contributed by atoms with E-state index in [1.807, 2.05) is 0 Å². The zero-order chi connectivity index (χ0) is 9.02. The summed E-state index contributed by atoms with van der Waals surface area (Å²) in [6.45, 7) is 3.18. The lowest BCUT2D eigenvalue weighted by atomic mass is 10.1. The molecule has 0 saturated carbocycles. The minimum atomic E-state index is -2.64. The molecular formula is C5H9NO4S. The molecule has 0 fully saturated rings. The predicted octanol–water partition coefficient (Wildman–Crippen LogP) is 0.158. The van der Waals surface area contributed by atoms with Crippen molar-refractivity contribution in [3.8, 4) is 0 Å². The first-order chi connectivity index (χ1) is 4.95. The van der Waals surface area contributed by atoms with Gasteiger partial charge >= 0.3 is 16.5 Å². The SMILES string of the molecule is CC(C)[C@@H](N=S(=O)=O)C(=O)O. The van der Waals surface area contributed by atoms with Crippen LogP contribution in [0.2, 0.25) is 0 Å². The van der Waals surface area contributed by atoms with Crippen molar-refractivity contribution in [3.05, 3.63) is 0 Å². The Morgan fingerprint density at radius 3 is 2.00 bits per heavy atom. The molecular weight excluding hydrogens is 170 g/mol. The van der Waals surface area contributed by atoms with Crippen LogP contribution in [-0.4, -0.2) is 25.5 Å². The minimum Gasteiger partial charge on any atom is -0.480 e. The molecule has 0 saturated heterocycles. The summed E-state index contributed by atoms with van der Waals surface area (Å²) >= 11 is 0.